The number of urea groups is 1. The molecular formula is C31H32Cl2N4O. The summed E-state index contributed by atoms with van der Waals surface area (Å²) in [5.74, 6) is 1.79. The quantitative estimate of drug-likeness (QED) is 0.251. The number of piperidine rings is 1. The van der Waals surface area contributed by atoms with E-state index >= 15 is 0 Å². The molecule has 1 saturated heterocycles. The van der Waals surface area contributed by atoms with Crippen molar-refractivity contribution >= 4 is 40.3 Å². The summed E-state index contributed by atoms with van der Waals surface area (Å²) in [4.78, 5) is 19.5. The van der Waals surface area contributed by atoms with Crippen LogP contribution in [0.3, 0.4) is 0 Å². The Morgan fingerprint density at radius 2 is 1.47 bits per heavy atom. The fourth-order valence-corrected chi connectivity index (χ4v) is 6.05. The molecule has 0 radical (unpaired) electrons. The molecular weight excluding hydrogens is 515 g/mol. The van der Waals surface area contributed by atoms with Crippen molar-refractivity contribution in [3.05, 3.63) is 99.3 Å². The van der Waals surface area contributed by atoms with Crippen LogP contribution in [0.5, 0.6) is 0 Å². The number of benzene rings is 3. The highest BCUT2D eigenvalue weighted by Gasteiger charge is 2.34. The third-order valence-corrected chi connectivity index (χ3v) is 8.37. The van der Waals surface area contributed by atoms with Crippen LogP contribution in [0.4, 0.5) is 4.79 Å². The van der Waals surface area contributed by atoms with Gasteiger partial charge in [-0.2, -0.15) is 0 Å². The molecule has 1 aliphatic carbocycles. The van der Waals surface area contributed by atoms with Gasteiger partial charge in [-0.15, -0.1) is 0 Å². The van der Waals surface area contributed by atoms with Crippen LogP contribution in [0, 0.1) is 0 Å². The fourth-order valence-electron chi connectivity index (χ4n) is 5.80. The zero-order valence-electron chi connectivity index (χ0n) is 21.5. The highest BCUT2D eigenvalue weighted by atomic mass is 35.5. The van der Waals surface area contributed by atoms with E-state index in [1.54, 1.807) is 0 Å². The first kappa shape index (κ1) is 25.3. The number of aromatic nitrogens is 2. The van der Waals surface area contributed by atoms with Gasteiger partial charge in [0, 0.05) is 47.6 Å². The number of hydrogen-bond acceptors (Lipinski definition) is 2. The largest absolute Gasteiger partial charge is 0.338 e. The lowest BCUT2D eigenvalue weighted by Gasteiger charge is -2.33. The molecule has 2 heterocycles. The molecule has 5 nitrogen and oxygen atoms in total. The van der Waals surface area contributed by atoms with E-state index in [0.717, 1.165) is 41.5 Å². The molecule has 0 unspecified atom stereocenters. The minimum Gasteiger partial charge on any atom is -0.338 e. The first-order valence-electron chi connectivity index (χ1n) is 13.6. The zero-order valence-corrected chi connectivity index (χ0v) is 23.1. The minimum absolute atomic E-state index is 0.0416. The van der Waals surface area contributed by atoms with E-state index in [-0.39, 0.29) is 11.9 Å². The van der Waals surface area contributed by atoms with Crippen LogP contribution < -0.4 is 5.32 Å². The molecule has 0 atom stereocenters. The van der Waals surface area contributed by atoms with Gasteiger partial charge < -0.3 is 14.8 Å². The van der Waals surface area contributed by atoms with Crippen molar-refractivity contribution in [2.75, 3.05) is 19.6 Å². The van der Waals surface area contributed by atoms with Crippen LogP contribution in [0.2, 0.25) is 10.0 Å². The maximum Gasteiger partial charge on any atom is 0.317 e. The number of likely N-dealkylation sites (tertiary alicyclic amines) is 1. The number of halogens is 2. The molecule has 2 aliphatic rings. The number of amides is 2. The van der Waals surface area contributed by atoms with Gasteiger partial charge in [0.2, 0.25) is 0 Å². The second-order valence-electron chi connectivity index (χ2n) is 10.5. The standard InChI is InChI=1S/C31H32Cl2N4O/c1-2-34-31(38)36-17-15-26(16-18-36)37-28-19-23(9-14-27(28)35-30(37)22-3-4-22)29(20-5-10-24(32)11-6-20)21-7-12-25(33)13-8-21/h5-14,19,22,26,29H,2-4,15-18H2,1H3,(H,34,38). The van der Waals surface area contributed by atoms with Gasteiger partial charge in [-0.1, -0.05) is 53.5 Å². The highest BCUT2D eigenvalue weighted by Crippen LogP contribution is 2.44. The van der Waals surface area contributed by atoms with Crippen molar-refractivity contribution in [1.29, 1.82) is 0 Å². The van der Waals surface area contributed by atoms with E-state index in [1.165, 1.54) is 40.9 Å². The Hall–Kier alpha value is -3.02. The number of hydrogen-bond donors (Lipinski definition) is 1. The number of nitrogens with one attached hydrogen (secondary N) is 1. The number of imidazole rings is 1. The Morgan fingerprint density at radius 1 is 0.895 bits per heavy atom. The summed E-state index contributed by atoms with van der Waals surface area (Å²) >= 11 is 12.5. The third-order valence-electron chi connectivity index (χ3n) is 7.87. The van der Waals surface area contributed by atoms with Crippen LogP contribution in [0.1, 0.15) is 73.0 Å². The smallest absolute Gasteiger partial charge is 0.317 e. The number of rotatable bonds is 6. The van der Waals surface area contributed by atoms with Crippen LogP contribution >= 0.6 is 23.2 Å². The lowest BCUT2D eigenvalue weighted by molar-refractivity contribution is 0.172. The lowest BCUT2D eigenvalue weighted by Crippen LogP contribution is -2.44. The van der Waals surface area contributed by atoms with Crippen LogP contribution in [0.25, 0.3) is 11.0 Å². The summed E-state index contributed by atoms with van der Waals surface area (Å²) in [6, 6.07) is 23.3. The second-order valence-corrected chi connectivity index (χ2v) is 11.3. The van der Waals surface area contributed by atoms with Crippen LogP contribution in [-0.4, -0.2) is 40.1 Å². The molecule has 1 aromatic heterocycles. The van der Waals surface area contributed by atoms with Crippen molar-refractivity contribution in [3.8, 4) is 0 Å². The highest BCUT2D eigenvalue weighted by molar-refractivity contribution is 6.30. The summed E-state index contributed by atoms with van der Waals surface area (Å²) in [5.41, 5.74) is 5.81. The first-order chi connectivity index (χ1) is 18.5. The Morgan fingerprint density at radius 3 is 2.03 bits per heavy atom. The summed E-state index contributed by atoms with van der Waals surface area (Å²) in [6.45, 7) is 4.14. The monoisotopic (exact) mass is 546 g/mol. The average Bonchev–Trinajstić information content (AvgIpc) is 3.71. The van der Waals surface area contributed by atoms with Crippen molar-refractivity contribution in [2.45, 2.75) is 50.5 Å². The molecule has 0 bridgehead atoms. The lowest BCUT2D eigenvalue weighted by atomic mass is 9.85. The van der Waals surface area contributed by atoms with E-state index in [9.17, 15) is 4.79 Å². The van der Waals surface area contributed by atoms with E-state index < -0.39 is 0 Å². The van der Waals surface area contributed by atoms with Gasteiger partial charge in [-0.3, -0.25) is 0 Å². The third kappa shape index (κ3) is 5.02. The molecule has 2 amide bonds. The van der Waals surface area contributed by atoms with E-state index in [4.69, 9.17) is 28.2 Å². The maximum atomic E-state index is 12.4. The Bertz CT molecular complexity index is 1390. The molecule has 3 aromatic carbocycles. The van der Waals surface area contributed by atoms with Crippen molar-refractivity contribution in [3.63, 3.8) is 0 Å². The molecule has 0 spiro atoms. The van der Waals surface area contributed by atoms with Crippen molar-refractivity contribution in [1.82, 2.24) is 19.8 Å². The molecule has 1 aliphatic heterocycles. The Labute approximate surface area is 233 Å². The van der Waals surface area contributed by atoms with Gasteiger partial charge in [0.25, 0.3) is 0 Å². The van der Waals surface area contributed by atoms with E-state index in [1.807, 2.05) is 36.1 Å². The van der Waals surface area contributed by atoms with Crippen molar-refractivity contribution in [2.24, 2.45) is 0 Å². The molecule has 4 aromatic rings. The van der Waals surface area contributed by atoms with Gasteiger partial charge in [-0.25, -0.2) is 9.78 Å². The summed E-state index contributed by atoms with van der Waals surface area (Å²) < 4.78 is 2.51. The molecule has 6 rings (SSSR count). The molecule has 196 valence electrons. The predicted octanol–water partition coefficient (Wildman–Crippen LogP) is 7.77. The van der Waals surface area contributed by atoms with Gasteiger partial charge >= 0.3 is 6.03 Å². The average molecular weight is 548 g/mol. The molecule has 2 fully saturated rings. The Balaban J connectivity index is 1.41. The van der Waals surface area contributed by atoms with Crippen LogP contribution in [-0.2, 0) is 0 Å². The maximum absolute atomic E-state index is 12.4. The van der Waals surface area contributed by atoms with Crippen molar-refractivity contribution < 1.29 is 4.79 Å². The number of fused-ring (bicyclic) bond motifs is 1. The minimum atomic E-state index is 0.0416. The molecule has 1 N–H and O–H groups in total. The number of carbonyl (C=O) groups excluding carboxylic acids is 1. The normalized spacial score (nSPS) is 16.4. The van der Waals surface area contributed by atoms with Gasteiger partial charge in [0.15, 0.2) is 0 Å². The molecule has 1 saturated carbocycles. The topological polar surface area (TPSA) is 50.2 Å². The molecule has 7 heteroatoms. The Kier molecular flexibility index (Phi) is 7.07. The van der Waals surface area contributed by atoms with Crippen LogP contribution in [0.15, 0.2) is 66.7 Å². The van der Waals surface area contributed by atoms with Gasteiger partial charge in [0.05, 0.1) is 11.0 Å². The van der Waals surface area contributed by atoms with Gasteiger partial charge in [-0.05, 0) is 85.7 Å². The predicted molar refractivity (Wildman–Crippen MR) is 154 cm³/mol. The van der Waals surface area contributed by atoms with Gasteiger partial charge in [0.1, 0.15) is 5.82 Å². The summed E-state index contributed by atoms with van der Waals surface area (Å²) in [6.07, 6.45) is 4.27. The fraction of sp³-hybridized carbons (Fsp3) is 0.355. The first-order valence-corrected chi connectivity index (χ1v) is 14.3. The molecule has 38 heavy (non-hydrogen) atoms. The SMILES string of the molecule is CCNC(=O)N1CCC(n2c(C3CC3)nc3ccc(C(c4ccc(Cl)cc4)c4ccc(Cl)cc4)cc32)CC1. The number of carbonyl (C=O) groups is 1. The summed E-state index contributed by atoms with van der Waals surface area (Å²) in [5, 5.41) is 4.40. The second kappa shape index (κ2) is 10.6. The van der Waals surface area contributed by atoms with E-state index in [0.29, 0.717) is 18.5 Å². The van der Waals surface area contributed by atoms with E-state index in [2.05, 4.69) is 52.3 Å². The number of nitrogens with zero attached hydrogens (tertiary/aromatic N) is 3. The zero-order chi connectivity index (χ0) is 26.2. The summed E-state index contributed by atoms with van der Waals surface area (Å²) in [7, 11) is 0.